The lowest BCUT2D eigenvalue weighted by Gasteiger charge is -2.30. The van der Waals surface area contributed by atoms with Gasteiger partial charge in [-0.1, -0.05) is 328 Å². The summed E-state index contributed by atoms with van der Waals surface area (Å²) >= 11 is 1.87. The van der Waals surface area contributed by atoms with Gasteiger partial charge in [0.15, 0.2) is 0 Å². The Labute approximate surface area is 636 Å². The van der Waals surface area contributed by atoms with E-state index in [4.69, 9.17) is 0 Å². The summed E-state index contributed by atoms with van der Waals surface area (Å²) in [4.78, 5) is 4.97. The Morgan fingerprint density at radius 1 is 0.147 bits per heavy atom. The summed E-state index contributed by atoms with van der Waals surface area (Å²) in [5, 5.41) is 19.7. The average Bonchev–Trinajstić information content (AvgIpc) is 1.63. The van der Waals surface area contributed by atoms with Crippen molar-refractivity contribution in [3.8, 4) is 77.9 Å². The van der Waals surface area contributed by atoms with E-state index in [2.05, 4.69) is 422 Å². The van der Waals surface area contributed by atoms with Crippen molar-refractivity contribution in [1.29, 1.82) is 0 Å². The Hall–Kier alpha value is -14.0. The van der Waals surface area contributed by atoms with E-state index < -0.39 is 0 Å². The van der Waals surface area contributed by atoms with Crippen LogP contribution in [0.5, 0.6) is 0 Å². The van der Waals surface area contributed by atoms with Gasteiger partial charge in [0.1, 0.15) is 0 Å². The molecule has 109 heavy (non-hydrogen) atoms. The number of para-hydroxylation sites is 4. The SMILES string of the molecule is c1ccc(N(c2ccc(-c3ccc4c(-c5ccc6c(c5)sc5ccc(-c7ccc(N(c8ccccc8-c8cccc9ccccc89)c8ccccc8-c8cc9ccccc9c9ccccc89)cc7)cc56)cccc4c3)cc2)c2ccccc2-c2cc3ccccc3c3ccccc23)c(-c2cccc3ccccc23)c1. The summed E-state index contributed by atoms with van der Waals surface area (Å²) in [6.45, 7) is 0. The van der Waals surface area contributed by atoms with Crippen LogP contribution in [0.25, 0.3) is 173 Å². The average molecular weight is 1400 g/mol. The molecule has 0 bridgehead atoms. The van der Waals surface area contributed by atoms with E-state index >= 15 is 0 Å². The summed E-state index contributed by atoms with van der Waals surface area (Å²) in [7, 11) is 0. The molecule has 20 aromatic carbocycles. The van der Waals surface area contributed by atoms with Crippen molar-refractivity contribution in [2.75, 3.05) is 9.80 Å². The fourth-order valence-corrected chi connectivity index (χ4v) is 18.4. The van der Waals surface area contributed by atoms with Gasteiger partial charge in [0, 0.05) is 53.8 Å². The fourth-order valence-electron chi connectivity index (χ4n) is 17.3. The van der Waals surface area contributed by atoms with Gasteiger partial charge in [-0.2, -0.15) is 0 Å². The van der Waals surface area contributed by atoms with Gasteiger partial charge in [0.05, 0.1) is 22.7 Å². The van der Waals surface area contributed by atoms with Crippen LogP contribution < -0.4 is 9.80 Å². The van der Waals surface area contributed by atoms with Gasteiger partial charge in [-0.3, -0.25) is 0 Å². The smallest absolute Gasteiger partial charge is 0.0540 e. The summed E-state index contributed by atoms with van der Waals surface area (Å²) in [5.74, 6) is 0. The van der Waals surface area contributed by atoms with Crippen molar-refractivity contribution in [2.45, 2.75) is 0 Å². The largest absolute Gasteiger partial charge is 0.309 e. The lowest BCUT2D eigenvalue weighted by atomic mass is 9.91. The number of nitrogens with zero attached hydrogens (tertiary/aromatic N) is 2. The number of thiophene rings is 1. The van der Waals surface area contributed by atoms with E-state index in [1.807, 2.05) is 11.3 Å². The number of fused-ring (bicyclic) bond motifs is 12. The van der Waals surface area contributed by atoms with Gasteiger partial charge in [0.2, 0.25) is 0 Å². The molecule has 1 aromatic heterocycles. The van der Waals surface area contributed by atoms with Gasteiger partial charge in [-0.25, -0.2) is 0 Å². The molecule has 0 radical (unpaired) electrons. The summed E-state index contributed by atoms with van der Waals surface area (Å²) in [5.41, 5.74) is 23.1. The molecule has 0 spiro atoms. The van der Waals surface area contributed by atoms with Crippen LogP contribution in [0.4, 0.5) is 34.1 Å². The molecule has 0 aliphatic heterocycles. The molecule has 0 amide bonds. The van der Waals surface area contributed by atoms with Crippen LogP contribution in [0.3, 0.4) is 0 Å². The second kappa shape index (κ2) is 26.6. The molecule has 21 aromatic rings. The van der Waals surface area contributed by atoms with Crippen molar-refractivity contribution in [3.63, 3.8) is 0 Å². The Morgan fingerprint density at radius 3 is 0.963 bits per heavy atom. The van der Waals surface area contributed by atoms with E-state index in [-0.39, 0.29) is 0 Å². The third-order valence-corrected chi connectivity index (χ3v) is 23.6. The summed E-state index contributed by atoms with van der Waals surface area (Å²) in [6, 6.07) is 153. The van der Waals surface area contributed by atoms with Gasteiger partial charge < -0.3 is 9.80 Å². The molecule has 21 rings (SSSR count). The molecule has 3 heteroatoms. The predicted molar refractivity (Wildman–Crippen MR) is 469 cm³/mol. The molecule has 0 aliphatic rings. The summed E-state index contributed by atoms with van der Waals surface area (Å²) in [6.07, 6.45) is 0. The van der Waals surface area contributed by atoms with Gasteiger partial charge in [0.25, 0.3) is 0 Å². The minimum atomic E-state index is 1.07. The van der Waals surface area contributed by atoms with E-state index in [0.29, 0.717) is 0 Å². The van der Waals surface area contributed by atoms with E-state index in [0.717, 1.165) is 67.5 Å². The highest BCUT2D eigenvalue weighted by atomic mass is 32.1. The third-order valence-electron chi connectivity index (χ3n) is 22.4. The van der Waals surface area contributed by atoms with Crippen LogP contribution in [0, 0.1) is 0 Å². The molecule has 508 valence electrons. The van der Waals surface area contributed by atoms with Crippen molar-refractivity contribution < 1.29 is 0 Å². The Morgan fingerprint density at radius 2 is 0.468 bits per heavy atom. The third kappa shape index (κ3) is 11.0. The number of hydrogen-bond donors (Lipinski definition) is 0. The lowest BCUT2D eigenvalue weighted by molar-refractivity contribution is 1.29. The van der Waals surface area contributed by atoms with Gasteiger partial charge in [-0.15, -0.1) is 11.3 Å². The molecule has 0 unspecified atom stereocenters. The maximum Gasteiger partial charge on any atom is 0.0540 e. The van der Waals surface area contributed by atoms with Crippen LogP contribution in [0.1, 0.15) is 0 Å². The molecule has 2 nitrogen and oxygen atoms in total. The first-order valence-corrected chi connectivity index (χ1v) is 38.3. The first-order valence-electron chi connectivity index (χ1n) is 37.5. The molecule has 0 atom stereocenters. The van der Waals surface area contributed by atoms with Crippen molar-refractivity contribution in [2.24, 2.45) is 0 Å². The van der Waals surface area contributed by atoms with Crippen LogP contribution in [-0.4, -0.2) is 0 Å². The van der Waals surface area contributed by atoms with Crippen LogP contribution in [-0.2, 0) is 0 Å². The van der Waals surface area contributed by atoms with Gasteiger partial charge >= 0.3 is 0 Å². The zero-order chi connectivity index (χ0) is 71.9. The highest BCUT2D eigenvalue weighted by Crippen LogP contribution is 2.52. The van der Waals surface area contributed by atoms with Crippen molar-refractivity contribution in [3.05, 3.63) is 413 Å². The van der Waals surface area contributed by atoms with Crippen LogP contribution in [0.15, 0.2) is 413 Å². The fraction of sp³-hybridized carbons (Fsp3) is 0. The Bertz CT molecular complexity index is 7180. The molecule has 0 saturated carbocycles. The second-order valence-electron chi connectivity index (χ2n) is 28.5. The first kappa shape index (κ1) is 63.5. The van der Waals surface area contributed by atoms with Crippen LogP contribution in [0.2, 0.25) is 0 Å². The lowest BCUT2D eigenvalue weighted by Crippen LogP contribution is -2.12. The van der Waals surface area contributed by atoms with Crippen molar-refractivity contribution >= 4 is 141 Å². The Balaban J connectivity index is 0.616. The molecule has 0 N–H and O–H groups in total. The zero-order valence-electron chi connectivity index (χ0n) is 59.6. The highest BCUT2D eigenvalue weighted by molar-refractivity contribution is 7.25. The normalized spacial score (nSPS) is 11.7. The highest BCUT2D eigenvalue weighted by Gasteiger charge is 2.26. The van der Waals surface area contributed by atoms with Crippen molar-refractivity contribution in [1.82, 2.24) is 0 Å². The minimum absolute atomic E-state index is 1.07. The van der Waals surface area contributed by atoms with Gasteiger partial charge in [-0.05, 0) is 216 Å². The van der Waals surface area contributed by atoms with Crippen LogP contribution >= 0.6 is 11.3 Å². The predicted octanol–water partition coefficient (Wildman–Crippen LogP) is 30.7. The van der Waals surface area contributed by atoms with E-state index in [1.54, 1.807) is 0 Å². The second-order valence-corrected chi connectivity index (χ2v) is 29.6. The number of anilines is 6. The monoisotopic (exact) mass is 1400 g/mol. The quantitative estimate of drug-likeness (QED) is 0.106. The first-order chi connectivity index (χ1) is 54.1. The number of hydrogen-bond acceptors (Lipinski definition) is 3. The number of benzene rings is 20. The van der Waals surface area contributed by atoms with E-state index in [9.17, 15) is 0 Å². The molecule has 0 saturated heterocycles. The standard InChI is InChI=1S/C106H68N2S/c1-5-31-81-71(24-1)28-21-44-89(81)93-39-13-17-46-101(93)107(103-48-19-15-41-95(103)98-66-76-26-3-7-33-84(76)87-35-9-11-37-91(87)98)79-57-50-69(51-58-79)73-54-61-86-75(64-73)30-23-43-83(86)78-55-62-97-100-65-74(56-63-105(100)109-106(97)68-78)70-52-59-80(60-53-70)108(102-47-18-14-40-94(102)90-45-22-29-72-25-2-6-32-82(72)90)104-49-20-16-42-96(104)99-67-77-27-4-8-34-85(77)88-36-10-12-38-92(88)99/h1-68H. The maximum atomic E-state index is 2.48. The topological polar surface area (TPSA) is 6.48 Å². The minimum Gasteiger partial charge on any atom is -0.309 e. The Kier molecular flexibility index (Phi) is 15.5. The molecular formula is C106H68N2S. The molecule has 0 aliphatic carbocycles. The zero-order valence-corrected chi connectivity index (χ0v) is 60.4. The molecule has 1 heterocycles. The molecular weight excluding hydrogens is 1330 g/mol. The number of rotatable bonds is 13. The van der Waals surface area contributed by atoms with E-state index in [1.165, 1.54) is 140 Å². The molecule has 0 fully saturated rings. The summed E-state index contributed by atoms with van der Waals surface area (Å²) < 4.78 is 2.55. The maximum absolute atomic E-state index is 2.48.